The van der Waals surface area contributed by atoms with Crippen LogP contribution in [0.4, 0.5) is 0 Å². The molecule has 5 heteroatoms. The second kappa shape index (κ2) is 9.33. The van der Waals surface area contributed by atoms with Gasteiger partial charge in [-0.2, -0.15) is 0 Å². The van der Waals surface area contributed by atoms with Crippen molar-refractivity contribution in [2.24, 2.45) is 0 Å². The minimum absolute atomic E-state index is 0.252. The lowest BCUT2D eigenvalue weighted by atomic mass is 10.3. The van der Waals surface area contributed by atoms with Gasteiger partial charge in [-0.05, 0) is 19.1 Å². The highest BCUT2D eigenvalue weighted by Crippen LogP contribution is 2.01. The first-order chi connectivity index (χ1) is 8.27. The summed E-state index contributed by atoms with van der Waals surface area (Å²) < 4.78 is 4.80. The number of hydrogen-bond acceptors (Lipinski definition) is 4. The average molecular weight is 238 g/mol. The van der Waals surface area contributed by atoms with Gasteiger partial charge in [-0.25, -0.2) is 9.78 Å². The van der Waals surface area contributed by atoms with Crippen LogP contribution in [0.15, 0.2) is 18.2 Å². The number of carbonyl (C=O) groups is 2. The number of hydrogen-bond donors (Lipinski definition) is 1. The molecule has 1 N–H and O–H groups in total. The highest BCUT2D eigenvalue weighted by atomic mass is 16.5. The number of amides is 1. The summed E-state index contributed by atoms with van der Waals surface area (Å²) in [5.41, 5.74) is 0.870. The standard InChI is InChI=1S/C10H12N2O3.C2H6/c1-2-15-10(14)9-5-3-4-8(12-9)6-11-7-13;1-2/h3-5,7H,2,6H2,1H3,(H,11,13);1-2H3. The molecule has 94 valence electrons. The van der Waals surface area contributed by atoms with Crippen molar-refractivity contribution in [3.8, 4) is 0 Å². The number of rotatable bonds is 5. The molecule has 1 aromatic rings. The molecule has 17 heavy (non-hydrogen) atoms. The fraction of sp³-hybridized carbons (Fsp3) is 0.417. The molecule has 0 aliphatic heterocycles. The zero-order valence-electron chi connectivity index (χ0n) is 10.4. The molecule has 0 saturated heterocycles. The normalized spacial score (nSPS) is 8.65. The van der Waals surface area contributed by atoms with Crippen molar-refractivity contribution in [1.82, 2.24) is 10.3 Å². The van der Waals surface area contributed by atoms with E-state index in [1.54, 1.807) is 25.1 Å². The van der Waals surface area contributed by atoms with Gasteiger partial charge in [-0.15, -0.1) is 0 Å². The summed E-state index contributed by atoms with van der Waals surface area (Å²) in [4.78, 5) is 25.4. The summed E-state index contributed by atoms with van der Waals surface area (Å²) in [5.74, 6) is -0.453. The smallest absolute Gasteiger partial charge is 0.356 e. The Kier molecular flexibility index (Phi) is 8.28. The monoisotopic (exact) mass is 238 g/mol. The highest BCUT2D eigenvalue weighted by Gasteiger charge is 2.07. The molecule has 0 aliphatic rings. The molecule has 1 heterocycles. The Bertz CT molecular complexity index is 353. The van der Waals surface area contributed by atoms with Gasteiger partial charge >= 0.3 is 5.97 Å². The lowest BCUT2D eigenvalue weighted by molar-refractivity contribution is -0.109. The van der Waals surface area contributed by atoms with Gasteiger partial charge in [0.2, 0.25) is 6.41 Å². The maximum Gasteiger partial charge on any atom is 0.356 e. The molecule has 0 spiro atoms. The van der Waals surface area contributed by atoms with Gasteiger partial charge < -0.3 is 10.1 Å². The average Bonchev–Trinajstić information content (AvgIpc) is 2.39. The van der Waals surface area contributed by atoms with E-state index in [4.69, 9.17) is 4.74 Å². The minimum atomic E-state index is -0.453. The molecule has 0 aromatic carbocycles. The van der Waals surface area contributed by atoms with Crippen molar-refractivity contribution >= 4 is 12.4 Å². The fourth-order valence-corrected chi connectivity index (χ4v) is 1.04. The van der Waals surface area contributed by atoms with Gasteiger partial charge in [0.15, 0.2) is 0 Å². The SMILES string of the molecule is CC.CCOC(=O)c1cccc(CNC=O)n1. The summed E-state index contributed by atoms with van der Waals surface area (Å²) in [5, 5.41) is 2.47. The molecule has 0 atom stereocenters. The molecular weight excluding hydrogens is 220 g/mol. The van der Waals surface area contributed by atoms with Crippen molar-refractivity contribution in [3.05, 3.63) is 29.6 Å². The van der Waals surface area contributed by atoms with E-state index in [9.17, 15) is 9.59 Å². The van der Waals surface area contributed by atoms with Crippen molar-refractivity contribution in [1.29, 1.82) is 0 Å². The zero-order valence-corrected chi connectivity index (χ0v) is 10.4. The van der Waals surface area contributed by atoms with Crippen LogP contribution in [0.2, 0.25) is 0 Å². The number of nitrogens with zero attached hydrogens (tertiary/aromatic N) is 1. The van der Waals surface area contributed by atoms with Crippen LogP contribution in [0.3, 0.4) is 0 Å². The van der Waals surface area contributed by atoms with Gasteiger partial charge in [0, 0.05) is 0 Å². The Balaban J connectivity index is 0.00000121. The van der Waals surface area contributed by atoms with Crippen LogP contribution in [0, 0.1) is 0 Å². The summed E-state index contributed by atoms with van der Waals surface area (Å²) in [6.45, 7) is 6.35. The zero-order chi connectivity index (χ0) is 13.1. The van der Waals surface area contributed by atoms with Crippen LogP contribution < -0.4 is 5.32 Å². The maximum atomic E-state index is 11.3. The summed E-state index contributed by atoms with van der Waals surface area (Å²) in [6.07, 6.45) is 0.582. The van der Waals surface area contributed by atoms with Crippen LogP contribution in [0.25, 0.3) is 0 Å². The van der Waals surface area contributed by atoms with Gasteiger partial charge in [-0.3, -0.25) is 4.79 Å². The van der Waals surface area contributed by atoms with E-state index in [0.29, 0.717) is 25.3 Å². The van der Waals surface area contributed by atoms with Gasteiger partial charge in [0.05, 0.1) is 18.8 Å². The Morgan fingerprint density at radius 3 is 2.76 bits per heavy atom. The minimum Gasteiger partial charge on any atom is -0.461 e. The van der Waals surface area contributed by atoms with E-state index in [0.717, 1.165) is 0 Å². The molecule has 0 saturated carbocycles. The quantitative estimate of drug-likeness (QED) is 0.624. The largest absolute Gasteiger partial charge is 0.461 e. The number of pyridine rings is 1. The third-order valence-electron chi connectivity index (χ3n) is 1.66. The van der Waals surface area contributed by atoms with Gasteiger partial charge in [-0.1, -0.05) is 19.9 Å². The Morgan fingerprint density at radius 1 is 1.47 bits per heavy atom. The molecule has 0 bridgehead atoms. The second-order valence-corrected chi connectivity index (χ2v) is 2.73. The molecule has 1 aromatic heterocycles. The summed E-state index contributed by atoms with van der Waals surface area (Å²) >= 11 is 0. The van der Waals surface area contributed by atoms with E-state index >= 15 is 0 Å². The van der Waals surface area contributed by atoms with Crippen LogP contribution in [0.5, 0.6) is 0 Å². The van der Waals surface area contributed by atoms with E-state index in [2.05, 4.69) is 10.3 Å². The second-order valence-electron chi connectivity index (χ2n) is 2.73. The van der Waals surface area contributed by atoms with E-state index in [-0.39, 0.29) is 5.69 Å². The molecule has 5 nitrogen and oxygen atoms in total. The Morgan fingerprint density at radius 2 is 2.18 bits per heavy atom. The number of ether oxygens (including phenoxy) is 1. The predicted molar refractivity (Wildman–Crippen MR) is 64.4 cm³/mol. The van der Waals surface area contributed by atoms with Gasteiger partial charge in [0.1, 0.15) is 5.69 Å². The number of nitrogens with one attached hydrogen (secondary N) is 1. The summed E-state index contributed by atoms with van der Waals surface area (Å²) in [6, 6.07) is 4.99. The van der Waals surface area contributed by atoms with Crippen molar-refractivity contribution in [2.75, 3.05) is 6.61 Å². The number of carbonyl (C=O) groups excluding carboxylic acids is 2. The lowest BCUT2D eigenvalue weighted by Gasteiger charge is -2.03. The molecule has 1 amide bonds. The first kappa shape index (κ1) is 15.1. The number of aromatic nitrogens is 1. The highest BCUT2D eigenvalue weighted by molar-refractivity contribution is 5.87. The van der Waals surface area contributed by atoms with E-state index < -0.39 is 5.97 Å². The molecule has 0 aliphatic carbocycles. The molecule has 1 rings (SSSR count). The van der Waals surface area contributed by atoms with E-state index in [1.165, 1.54) is 0 Å². The van der Waals surface area contributed by atoms with Crippen LogP contribution in [-0.4, -0.2) is 24.0 Å². The molecule has 0 radical (unpaired) electrons. The summed E-state index contributed by atoms with van der Waals surface area (Å²) in [7, 11) is 0. The van der Waals surface area contributed by atoms with E-state index in [1.807, 2.05) is 13.8 Å². The third kappa shape index (κ3) is 5.65. The topological polar surface area (TPSA) is 68.3 Å². The van der Waals surface area contributed by atoms with Crippen molar-refractivity contribution < 1.29 is 14.3 Å². The Hall–Kier alpha value is -1.91. The predicted octanol–water partition coefficient (Wildman–Crippen LogP) is 1.53. The van der Waals surface area contributed by atoms with Crippen LogP contribution >= 0.6 is 0 Å². The molecule has 0 unspecified atom stereocenters. The lowest BCUT2D eigenvalue weighted by Crippen LogP contribution is -2.13. The van der Waals surface area contributed by atoms with Crippen molar-refractivity contribution in [2.45, 2.75) is 27.3 Å². The van der Waals surface area contributed by atoms with Crippen LogP contribution in [0.1, 0.15) is 37.0 Å². The fourth-order valence-electron chi connectivity index (χ4n) is 1.04. The third-order valence-corrected chi connectivity index (χ3v) is 1.66. The van der Waals surface area contributed by atoms with Crippen molar-refractivity contribution in [3.63, 3.8) is 0 Å². The van der Waals surface area contributed by atoms with Crippen LogP contribution in [-0.2, 0) is 16.1 Å². The number of esters is 1. The van der Waals surface area contributed by atoms with Gasteiger partial charge in [0.25, 0.3) is 0 Å². The first-order valence-electron chi connectivity index (χ1n) is 5.58. The maximum absolute atomic E-state index is 11.3. The Labute approximate surface area is 101 Å². The first-order valence-corrected chi connectivity index (χ1v) is 5.58. The molecule has 0 fully saturated rings. The molecular formula is C12H18N2O3.